The van der Waals surface area contributed by atoms with Crippen molar-refractivity contribution in [2.24, 2.45) is 0 Å². The van der Waals surface area contributed by atoms with Crippen molar-refractivity contribution in [3.8, 4) is 0 Å². The first kappa shape index (κ1) is 20.3. The van der Waals surface area contributed by atoms with Gasteiger partial charge < -0.3 is 10.1 Å². The summed E-state index contributed by atoms with van der Waals surface area (Å²) in [5.41, 5.74) is 2.17. The highest BCUT2D eigenvalue weighted by Gasteiger charge is 2.19. The second-order valence-electron chi connectivity index (χ2n) is 6.33. The molecule has 0 aromatic heterocycles. The molecule has 0 saturated carbocycles. The molecular formula is C23H18ClNO4. The first-order valence-electron chi connectivity index (χ1n) is 8.87. The number of nitrogens with one attached hydrogen (secondary N) is 1. The Hall–Kier alpha value is -3.44. The summed E-state index contributed by atoms with van der Waals surface area (Å²) in [6, 6.07) is 20.1. The predicted octanol–water partition coefficient (Wildman–Crippen LogP) is 4.67. The lowest BCUT2D eigenvalue weighted by atomic mass is 9.98. The van der Waals surface area contributed by atoms with Crippen LogP contribution in [0, 0.1) is 6.92 Å². The SMILES string of the molecule is Cc1ccc(NC(=O)COC(=O)c2ccccc2C(=O)c2ccccc2)cc1Cl. The third-order valence-corrected chi connectivity index (χ3v) is 4.62. The summed E-state index contributed by atoms with van der Waals surface area (Å²) >= 11 is 6.03. The van der Waals surface area contributed by atoms with E-state index in [0.717, 1.165) is 5.56 Å². The van der Waals surface area contributed by atoms with Gasteiger partial charge in [-0.05, 0) is 30.7 Å². The molecule has 1 amide bonds. The van der Waals surface area contributed by atoms with E-state index in [1.807, 2.05) is 6.92 Å². The fourth-order valence-electron chi connectivity index (χ4n) is 2.68. The Morgan fingerprint density at radius 1 is 0.897 bits per heavy atom. The molecule has 1 N–H and O–H groups in total. The normalized spacial score (nSPS) is 10.3. The molecule has 3 aromatic rings. The summed E-state index contributed by atoms with van der Waals surface area (Å²) in [7, 11) is 0. The van der Waals surface area contributed by atoms with Crippen LogP contribution in [-0.4, -0.2) is 24.3 Å². The molecule has 0 fully saturated rings. The molecule has 5 nitrogen and oxygen atoms in total. The number of halogens is 1. The number of hydrogen-bond donors (Lipinski definition) is 1. The fraction of sp³-hybridized carbons (Fsp3) is 0.0870. The highest BCUT2D eigenvalue weighted by molar-refractivity contribution is 6.31. The summed E-state index contributed by atoms with van der Waals surface area (Å²) in [5, 5.41) is 3.13. The fourth-order valence-corrected chi connectivity index (χ4v) is 2.86. The Kier molecular flexibility index (Phi) is 6.42. The summed E-state index contributed by atoms with van der Waals surface area (Å²) in [6.45, 7) is 1.36. The van der Waals surface area contributed by atoms with Gasteiger partial charge in [-0.1, -0.05) is 66.2 Å². The van der Waals surface area contributed by atoms with Crippen molar-refractivity contribution in [3.05, 3.63) is 100 Å². The number of hydrogen-bond acceptors (Lipinski definition) is 4. The van der Waals surface area contributed by atoms with E-state index in [-0.39, 0.29) is 16.9 Å². The Morgan fingerprint density at radius 2 is 1.55 bits per heavy atom. The van der Waals surface area contributed by atoms with Gasteiger partial charge in [-0.3, -0.25) is 9.59 Å². The first-order chi connectivity index (χ1) is 14.0. The van der Waals surface area contributed by atoms with Crippen LogP contribution in [-0.2, 0) is 9.53 Å². The lowest BCUT2D eigenvalue weighted by Crippen LogP contribution is -2.22. The van der Waals surface area contributed by atoms with E-state index >= 15 is 0 Å². The zero-order valence-electron chi connectivity index (χ0n) is 15.6. The minimum Gasteiger partial charge on any atom is -0.452 e. The van der Waals surface area contributed by atoms with Crippen molar-refractivity contribution in [2.75, 3.05) is 11.9 Å². The number of benzene rings is 3. The first-order valence-corrected chi connectivity index (χ1v) is 9.25. The average Bonchev–Trinajstić information content (AvgIpc) is 2.74. The summed E-state index contributed by atoms with van der Waals surface area (Å²) in [4.78, 5) is 37.3. The molecule has 0 saturated heterocycles. The third-order valence-electron chi connectivity index (χ3n) is 4.22. The van der Waals surface area contributed by atoms with Crippen LogP contribution in [0.1, 0.15) is 31.8 Å². The number of rotatable bonds is 6. The monoisotopic (exact) mass is 407 g/mol. The maximum atomic E-state index is 12.7. The van der Waals surface area contributed by atoms with E-state index < -0.39 is 18.5 Å². The average molecular weight is 408 g/mol. The van der Waals surface area contributed by atoms with Crippen LogP contribution in [0.3, 0.4) is 0 Å². The van der Waals surface area contributed by atoms with Crippen molar-refractivity contribution in [1.82, 2.24) is 0 Å². The van der Waals surface area contributed by atoms with Gasteiger partial charge in [0.05, 0.1) is 5.56 Å². The molecule has 0 unspecified atom stereocenters. The van der Waals surface area contributed by atoms with E-state index in [4.69, 9.17) is 16.3 Å². The van der Waals surface area contributed by atoms with Crippen molar-refractivity contribution in [3.63, 3.8) is 0 Å². The Bertz CT molecular complexity index is 1060. The highest BCUT2D eigenvalue weighted by atomic mass is 35.5. The molecule has 0 spiro atoms. The number of ether oxygens (including phenoxy) is 1. The molecule has 146 valence electrons. The third kappa shape index (κ3) is 5.09. The van der Waals surface area contributed by atoms with Crippen molar-refractivity contribution in [2.45, 2.75) is 6.92 Å². The Morgan fingerprint density at radius 3 is 2.24 bits per heavy atom. The van der Waals surface area contributed by atoms with Crippen LogP contribution < -0.4 is 5.32 Å². The van der Waals surface area contributed by atoms with Crippen LogP contribution in [0.5, 0.6) is 0 Å². The van der Waals surface area contributed by atoms with E-state index in [9.17, 15) is 14.4 Å². The maximum absolute atomic E-state index is 12.7. The summed E-state index contributed by atoms with van der Waals surface area (Å²) in [5.74, 6) is -1.55. The van der Waals surface area contributed by atoms with Crippen LogP contribution in [0.15, 0.2) is 72.8 Å². The number of carbonyl (C=O) groups excluding carboxylic acids is 3. The van der Waals surface area contributed by atoms with E-state index in [1.165, 1.54) is 6.07 Å². The minimum atomic E-state index is -0.748. The molecule has 0 aliphatic heterocycles. The second kappa shape index (κ2) is 9.17. The molecule has 3 aromatic carbocycles. The Balaban J connectivity index is 1.67. The van der Waals surface area contributed by atoms with Crippen LogP contribution in [0.25, 0.3) is 0 Å². The summed E-state index contributed by atoms with van der Waals surface area (Å²) in [6.07, 6.45) is 0. The van der Waals surface area contributed by atoms with E-state index in [1.54, 1.807) is 66.7 Å². The van der Waals surface area contributed by atoms with E-state index in [2.05, 4.69) is 5.32 Å². The zero-order valence-corrected chi connectivity index (χ0v) is 16.4. The minimum absolute atomic E-state index is 0.104. The lowest BCUT2D eigenvalue weighted by Gasteiger charge is -2.10. The van der Waals surface area contributed by atoms with Gasteiger partial charge in [-0.25, -0.2) is 4.79 Å². The molecule has 3 rings (SSSR count). The van der Waals surface area contributed by atoms with Gasteiger partial charge in [0.25, 0.3) is 5.91 Å². The number of esters is 1. The van der Waals surface area contributed by atoms with Crippen molar-refractivity contribution in [1.29, 1.82) is 0 Å². The lowest BCUT2D eigenvalue weighted by molar-refractivity contribution is -0.119. The second-order valence-corrected chi connectivity index (χ2v) is 6.74. The maximum Gasteiger partial charge on any atom is 0.339 e. The van der Waals surface area contributed by atoms with Gasteiger partial charge in [0.1, 0.15) is 0 Å². The van der Waals surface area contributed by atoms with E-state index in [0.29, 0.717) is 16.3 Å². The van der Waals surface area contributed by atoms with Gasteiger partial charge in [0.15, 0.2) is 12.4 Å². The predicted molar refractivity (Wildman–Crippen MR) is 111 cm³/mol. The molecule has 29 heavy (non-hydrogen) atoms. The molecule has 0 aliphatic carbocycles. The number of ketones is 1. The Labute approximate surface area is 173 Å². The quantitative estimate of drug-likeness (QED) is 0.476. The molecule has 0 bridgehead atoms. The van der Waals surface area contributed by atoms with Gasteiger partial charge in [-0.2, -0.15) is 0 Å². The van der Waals surface area contributed by atoms with Crippen LogP contribution in [0.4, 0.5) is 5.69 Å². The van der Waals surface area contributed by atoms with Crippen LogP contribution >= 0.6 is 11.6 Å². The molecular weight excluding hydrogens is 390 g/mol. The van der Waals surface area contributed by atoms with Gasteiger partial charge in [-0.15, -0.1) is 0 Å². The van der Waals surface area contributed by atoms with Gasteiger partial charge >= 0.3 is 5.97 Å². The van der Waals surface area contributed by atoms with Crippen LogP contribution in [0.2, 0.25) is 5.02 Å². The molecule has 0 radical (unpaired) electrons. The van der Waals surface area contributed by atoms with Gasteiger partial charge in [0.2, 0.25) is 0 Å². The topological polar surface area (TPSA) is 72.5 Å². The number of amides is 1. The molecule has 0 atom stereocenters. The highest BCUT2D eigenvalue weighted by Crippen LogP contribution is 2.20. The van der Waals surface area contributed by atoms with Crippen molar-refractivity contribution >= 4 is 34.9 Å². The molecule has 0 aliphatic rings. The molecule has 6 heteroatoms. The summed E-state index contributed by atoms with van der Waals surface area (Å²) < 4.78 is 5.11. The number of anilines is 1. The largest absolute Gasteiger partial charge is 0.452 e. The zero-order chi connectivity index (χ0) is 20.8. The van der Waals surface area contributed by atoms with Crippen molar-refractivity contribution < 1.29 is 19.1 Å². The number of aryl methyl sites for hydroxylation is 1. The number of carbonyl (C=O) groups is 3. The van der Waals surface area contributed by atoms with Gasteiger partial charge in [0, 0.05) is 21.8 Å². The molecule has 0 heterocycles. The standard InChI is InChI=1S/C23H18ClNO4/c1-15-11-12-17(13-20(15)24)25-21(26)14-29-23(28)19-10-6-5-9-18(19)22(27)16-7-3-2-4-8-16/h2-13H,14H2,1H3,(H,25,26). The smallest absolute Gasteiger partial charge is 0.339 e.